The average molecular weight is 359 g/mol. The second-order valence-electron chi connectivity index (χ2n) is 10.3. The van der Waals surface area contributed by atoms with Crippen molar-refractivity contribution in [2.45, 2.75) is 71.1 Å². The maximum Gasteiger partial charge on any atom is 0.331 e. The number of carbonyl (C=O) groups excluding carboxylic acids is 1. The fraction of sp³-hybridized carbons (Fsp3) is 0.870. The number of cyclic esters (lactones) is 1. The monoisotopic (exact) mass is 358 g/mol. The topological polar surface area (TPSA) is 46.5 Å². The summed E-state index contributed by atoms with van der Waals surface area (Å²) in [5.74, 6) is 3.47. The van der Waals surface area contributed by atoms with Crippen molar-refractivity contribution in [3.05, 3.63) is 11.6 Å². The minimum atomic E-state index is -0.136. The first-order valence-corrected chi connectivity index (χ1v) is 11.1. The van der Waals surface area contributed by atoms with E-state index in [1.54, 1.807) is 6.08 Å². The average Bonchev–Trinajstić information content (AvgIpc) is 3.23. The zero-order chi connectivity index (χ0) is 17.9. The lowest BCUT2D eigenvalue weighted by molar-refractivity contribution is -0.138. The SMILES string of the molecule is C[C@]12CC[C@H]3[C@@H](CCC4CCCC[C@@]43CO)[C@H]1CC[C@@H]2C1=CC(=O)OC1. The number of aliphatic hydroxyl groups excluding tert-OH is 1. The summed E-state index contributed by atoms with van der Waals surface area (Å²) in [5, 5.41) is 10.5. The maximum atomic E-state index is 11.6. The summed E-state index contributed by atoms with van der Waals surface area (Å²) in [6.07, 6.45) is 14.9. The van der Waals surface area contributed by atoms with Crippen molar-refractivity contribution in [3.8, 4) is 0 Å². The Bertz CT molecular complexity index is 625. The Morgan fingerprint density at radius 2 is 1.96 bits per heavy atom. The molecule has 0 amide bonds. The number of rotatable bonds is 2. The Balaban J connectivity index is 1.44. The normalized spacial score (nSPS) is 50.5. The van der Waals surface area contributed by atoms with Crippen molar-refractivity contribution in [2.24, 2.45) is 40.4 Å². The molecule has 1 heterocycles. The van der Waals surface area contributed by atoms with E-state index in [4.69, 9.17) is 4.74 Å². The van der Waals surface area contributed by atoms with E-state index in [0.717, 1.165) is 23.7 Å². The van der Waals surface area contributed by atoms with Crippen LogP contribution in [0.2, 0.25) is 0 Å². The number of carbonyl (C=O) groups is 1. The van der Waals surface area contributed by atoms with Gasteiger partial charge in [-0.1, -0.05) is 19.8 Å². The Kier molecular flexibility index (Phi) is 4.05. The van der Waals surface area contributed by atoms with Crippen LogP contribution in [0.25, 0.3) is 0 Å². The standard InChI is InChI=1S/C23H34O3/c1-22-11-9-20-17(6-5-16-4-2-3-10-23(16,20)14-24)19(22)8-7-18(22)15-12-21(25)26-13-15/h12,16-20,24H,2-11,13-14H2,1H3/t16?,17-,18+,19+,20-,22+,23+/m0/s1. The summed E-state index contributed by atoms with van der Waals surface area (Å²) in [4.78, 5) is 11.6. The van der Waals surface area contributed by atoms with Crippen LogP contribution < -0.4 is 0 Å². The molecular weight excluding hydrogens is 324 g/mol. The summed E-state index contributed by atoms with van der Waals surface area (Å²) in [6.45, 7) is 3.45. The van der Waals surface area contributed by atoms with Crippen LogP contribution in [0.5, 0.6) is 0 Å². The fourth-order valence-electron chi connectivity index (χ4n) is 8.58. The predicted octanol–water partition coefficient (Wildman–Crippen LogP) is 4.49. The fourth-order valence-corrected chi connectivity index (χ4v) is 8.58. The number of fused-ring (bicyclic) bond motifs is 5. The van der Waals surface area contributed by atoms with E-state index < -0.39 is 0 Å². The molecule has 0 aromatic carbocycles. The summed E-state index contributed by atoms with van der Waals surface area (Å²) in [6, 6.07) is 0. The van der Waals surface area contributed by atoms with E-state index in [-0.39, 0.29) is 11.4 Å². The molecule has 0 bridgehead atoms. The Hall–Kier alpha value is -0.830. The first kappa shape index (κ1) is 17.3. The van der Waals surface area contributed by atoms with Crippen molar-refractivity contribution in [2.75, 3.05) is 13.2 Å². The van der Waals surface area contributed by atoms with Crippen molar-refractivity contribution in [1.29, 1.82) is 0 Å². The van der Waals surface area contributed by atoms with Gasteiger partial charge in [-0.25, -0.2) is 4.79 Å². The number of aliphatic hydroxyl groups is 1. The number of hydrogen-bond acceptors (Lipinski definition) is 3. The third-order valence-corrected chi connectivity index (χ3v) is 9.71. The van der Waals surface area contributed by atoms with Gasteiger partial charge in [-0.2, -0.15) is 0 Å². The zero-order valence-corrected chi connectivity index (χ0v) is 16.2. The van der Waals surface area contributed by atoms with Crippen LogP contribution in [0.4, 0.5) is 0 Å². The second kappa shape index (κ2) is 6.09. The molecule has 26 heavy (non-hydrogen) atoms. The highest BCUT2D eigenvalue weighted by molar-refractivity contribution is 5.85. The van der Waals surface area contributed by atoms with Gasteiger partial charge in [0.2, 0.25) is 0 Å². The number of ether oxygens (including phenoxy) is 1. The molecule has 4 fully saturated rings. The molecule has 1 aliphatic heterocycles. The van der Waals surface area contributed by atoms with E-state index in [2.05, 4.69) is 6.92 Å². The van der Waals surface area contributed by atoms with Crippen molar-refractivity contribution in [3.63, 3.8) is 0 Å². The van der Waals surface area contributed by atoms with Gasteiger partial charge in [0.15, 0.2) is 0 Å². The molecule has 144 valence electrons. The Morgan fingerprint density at radius 3 is 2.73 bits per heavy atom. The van der Waals surface area contributed by atoms with Crippen LogP contribution in [0.3, 0.4) is 0 Å². The molecule has 5 aliphatic rings. The predicted molar refractivity (Wildman–Crippen MR) is 100 cm³/mol. The van der Waals surface area contributed by atoms with E-state index in [0.29, 0.717) is 24.5 Å². The minimum Gasteiger partial charge on any atom is -0.458 e. The molecule has 3 nitrogen and oxygen atoms in total. The van der Waals surface area contributed by atoms with Crippen molar-refractivity contribution >= 4 is 5.97 Å². The van der Waals surface area contributed by atoms with Crippen molar-refractivity contribution < 1.29 is 14.6 Å². The zero-order valence-electron chi connectivity index (χ0n) is 16.2. The first-order chi connectivity index (χ1) is 12.6. The summed E-state index contributed by atoms with van der Waals surface area (Å²) in [5.41, 5.74) is 1.83. The van der Waals surface area contributed by atoms with Gasteiger partial charge in [-0.15, -0.1) is 0 Å². The van der Waals surface area contributed by atoms with Gasteiger partial charge >= 0.3 is 5.97 Å². The van der Waals surface area contributed by atoms with Gasteiger partial charge in [0.05, 0.1) is 0 Å². The van der Waals surface area contributed by atoms with Gasteiger partial charge in [0.1, 0.15) is 6.61 Å². The first-order valence-electron chi connectivity index (χ1n) is 11.1. The van der Waals surface area contributed by atoms with E-state index in [9.17, 15) is 9.90 Å². The van der Waals surface area contributed by atoms with Gasteiger partial charge in [-0.05, 0) is 97.4 Å². The van der Waals surface area contributed by atoms with E-state index in [1.807, 2.05) is 0 Å². The molecule has 0 saturated heterocycles. The summed E-state index contributed by atoms with van der Waals surface area (Å²) >= 11 is 0. The molecule has 0 spiro atoms. The van der Waals surface area contributed by atoms with E-state index in [1.165, 1.54) is 69.8 Å². The van der Waals surface area contributed by atoms with Crippen LogP contribution >= 0.6 is 0 Å². The Labute approximate surface area is 157 Å². The largest absolute Gasteiger partial charge is 0.458 e. The molecule has 5 rings (SSSR count). The second-order valence-corrected chi connectivity index (χ2v) is 10.3. The van der Waals surface area contributed by atoms with Gasteiger partial charge in [-0.3, -0.25) is 0 Å². The van der Waals surface area contributed by atoms with Gasteiger partial charge in [0.25, 0.3) is 0 Å². The summed E-state index contributed by atoms with van der Waals surface area (Å²) < 4.78 is 5.25. The van der Waals surface area contributed by atoms with Gasteiger partial charge < -0.3 is 9.84 Å². The van der Waals surface area contributed by atoms with Crippen LogP contribution in [0.15, 0.2) is 11.6 Å². The highest BCUT2D eigenvalue weighted by atomic mass is 16.5. The molecule has 0 radical (unpaired) electrons. The molecular formula is C23H34O3. The van der Waals surface area contributed by atoms with E-state index >= 15 is 0 Å². The lowest BCUT2D eigenvalue weighted by atomic mass is 9.44. The van der Waals surface area contributed by atoms with Crippen LogP contribution in [-0.2, 0) is 9.53 Å². The smallest absolute Gasteiger partial charge is 0.331 e. The lowest BCUT2D eigenvalue weighted by Gasteiger charge is -2.61. The number of esters is 1. The quantitative estimate of drug-likeness (QED) is 0.740. The highest BCUT2D eigenvalue weighted by Gasteiger charge is 2.61. The number of hydrogen-bond donors (Lipinski definition) is 1. The minimum absolute atomic E-state index is 0.136. The lowest BCUT2D eigenvalue weighted by Crippen LogP contribution is -2.55. The highest BCUT2D eigenvalue weighted by Crippen LogP contribution is 2.68. The molecule has 4 aliphatic carbocycles. The summed E-state index contributed by atoms with van der Waals surface area (Å²) in [7, 11) is 0. The van der Waals surface area contributed by atoms with Crippen LogP contribution in [0.1, 0.15) is 71.1 Å². The molecule has 7 atom stereocenters. The van der Waals surface area contributed by atoms with Crippen LogP contribution in [-0.4, -0.2) is 24.3 Å². The van der Waals surface area contributed by atoms with Gasteiger partial charge in [0, 0.05) is 12.7 Å². The van der Waals surface area contributed by atoms with Crippen molar-refractivity contribution in [1.82, 2.24) is 0 Å². The maximum absolute atomic E-state index is 11.6. The molecule has 0 aromatic rings. The Morgan fingerprint density at radius 1 is 1.08 bits per heavy atom. The third kappa shape index (κ3) is 2.25. The van der Waals surface area contributed by atoms with Crippen LogP contribution in [0, 0.1) is 40.4 Å². The molecule has 1 N–H and O–H groups in total. The third-order valence-electron chi connectivity index (χ3n) is 9.71. The molecule has 1 unspecified atom stereocenters. The molecule has 4 saturated carbocycles. The molecule has 0 aromatic heterocycles. The molecule has 3 heteroatoms.